The van der Waals surface area contributed by atoms with Gasteiger partial charge in [-0.25, -0.2) is 0 Å². The molecule has 0 N–H and O–H groups in total. The molecule has 1 heterocycles. The zero-order valence-corrected chi connectivity index (χ0v) is 16.4. The molecule has 0 bridgehead atoms. The summed E-state index contributed by atoms with van der Waals surface area (Å²) in [6, 6.07) is 0. The molecule has 1 aliphatic heterocycles. The van der Waals surface area contributed by atoms with Crippen molar-refractivity contribution in [2.45, 2.75) is 60.8 Å². The summed E-state index contributed by atoms with van der Waals surface area (Å²) in [6.07, 6.45) is 2.84. The van der Waals surface area contributed by atoms with Crippen LogP contribution in [-0.4, -0.2) is 61.6 Å². The van der Waals surface area contributed by atoms with Crippen molar-refractivity contribution in [3.05, 3.63) is 0 Å². The van der Waals surface area contributed by atoms with Gasteiger partial charge < -0.3 is 9.64 Å². The molecule has 23 heavy (non-hydrogen) atoms. The summed E-state index contributed by atoms with van der Waals surface area (Å²) < 4.78 is 5.66. The summed E-state index contributed by atoms with van der Waals surface area (Å²) in [5.41, 5.74) is 0. The first kappa shape index (κ1) is 22.4. The molecule has 138 valence electrons. The third-order valence-electron chi connectivity index (χ3n) is 4.05. The van der Waals surface area contributed by atoms with Gasteiger partial charge in [-0.15, -0.1) is 0 Å². The fourth-order valence-electron chi connectivity index (χ4n) is 2.41. The summed E-state index contributed by atoms with van der Waals surface area (Å²) >= 11 is 0. The molecule has 0 saturated carbocycles. The fourth-order valence-corrected chi connectivity index (χ4v) is 2.41. The number of carbonyl (C=O) groups excluding carboxylic acids is 1. The minimum absolute atomic E-state index is 0.330. The third kappa shape index (κ3) is 11.5. The van der Waals surface area contributed by atoms with Gasteiger partial charge in [-0.2, -0.15) is 0 Å². The minimum Gasteiger partial charge on any atom is -0.380 e. The highest BCUT2D eigenvalue weighted by molar-refractivity contribution is 5.76. The van der Waals surface area contributed by atoms with Crippen LogP contribution in [0.2, 0.25) is 0 Å². The maximum absolute atomic E-state index is 12.1. The Balaban J connectivity index is 0.00000232. The van der Waals surface area contributed by atoms with Crippen molar-refractivity contribution in [1.29, 1.82) is 0 Å². The monoisotopic (exact) mass is 328 g/mol. The van der Waals surface area contributed by atoms with E-state index in [0.717, 1.165) is 58.8 Å². The second kappa shape index (κ2) is 13.8. The zero-order valence-electron chi connectivity index (χ0n) is 16.4. The van der Waals surface area contributed by atoms with Crippen LogP contribution in [0.5, 0.6) is 0 Å². The van der Waals surface area contributed by atoms with Crippen LogP contribution in [0.25, 0.3) is 0 Å². The van der Waals surface area contributed by atoms with E-state index in [9.17, 15) is 4.79 Å². The second-order valence-electron chi connectivity index (χ2n) is 6.95. The van der Waals surface area contributed by atoms with Gasteiger partial charge in [-0.1, -0.05) is 41.5 Å². The number of hydrogen-bond donors (Lipinski definition) is 0. The van der Waals surface area contributed by atoms with E-state index in [2.05, 4.69) is 32.6 Å². The van der Waals surface area contributed by atoms with Gasteiger partial charge in [-0.05, 0) is 24.7 Å². The average molecular weight is 329 g/mol. The Morgan fingerprint density at radius 2 is 1.48 bits per heavy atom. The topological polar surface area (TPSA) is 32.8 Å². The van der Waals surface area contributed by atoms with Gasteiger partial charge in [0.25, 0.3) is 0 Å². The van der Waals surface area contributed by atoms with Crippen molar-refractivity contribution in [1.82, 2.24) is 9.80 Å². The van der Waals surface area contributed by atoms with Crippen LogP contribution in [0.15, 0.2) is 0 Å². The van der Waals surface area contributed by atoms with E-state index in [1.165, 1.54) is 0 Å². The molecule has 0 unspecified atom stereocenters. The van der Waals surface area contributed by atoms with Crippen LogP contribution in [0.4, 0.5) is 0 Å². The lowest BCUT2D eigenvalue weighted by Gasteiger charge is -2.34. The van der Waals surface area contributed by atoms with Crippen LogP contribution in [0.3, 0.4) is 0 Å². The molecule has 1 saturated heterocycles. The first-order chi connectivity index (χ1) is 11.0. The number of piperazine rings is 1. The first-order valence-corrected chi connectivity index (χ1v) is 9.57. The van der Waals surface area contributed by atoms with E-state index in [-0.39, 0.29) is 0 Å². The van der Waals surface area contributed by atoms with Crippen molar-refractivity contribution in [3.63, 3.8) is 0 Å². The number of hydrogen-bond acceptors (Lipinski definition) is 3. The van der Waals surface area contributed by atoms with Gasteiger partial charge >= 0.3 is 0 Å². The van der Waals surface area contributed by atoms with Crippen LogP contribution in [0, 0.1) is 11.8 Å². The Labute approximate surface area is 144 Å². The zero-order chi connectivity index (χ0) is 17.7. The maximum Gasteiger partial charge on any atom is 0.222 e. The lowest BCUT2D eigenvalue weighted by molar-refractivity contribution is -0.133. The molecule has 0 spiro atoms. The van der Waals surface area contributed by atoms with Crippen LogP contribution < -0.4 is 0 Å². The molecule has 0 aliphatic carbocycles. The Morgan fingerprint density at radius 1 is 0.913 bits per heavy atom. The normalized spacial score (nSPS) is 15.7. The fraction of sp³-hybridized carbons (Fsp3) is 0.947. The second-order valence-corrected chi connectivity index (χ2v) is 6.95. The molecule has 0 aromatic carbocycles. The van der Waals surface area contributed by atoms with Gasteiger partial charge in [0.1, 0.15) is 0 Å². The summed E-state index contributed by atoms with van der Waals surface area (Å²) in [6.45, 7) is 19.2. The summed E-state index contributed by atoms with van der Waals surface area (Å²) in [4.78, 5) is 16.5. The Kier molecular flexibility index (Phi) is 13.4. The molecular weight excluding hydrogens is 288 g/mol. The van der Waals surface area contributed by atoms with E-state index < -0.39 is 0 Å². The Morgan fingerprint density at radius 3 is 2.00 bits per heavy atom. The predicted octanol–water partition coefficient (Wildman–Crippen LogP) is 3.66. The number of rotatable bonds is 9. The third-order valence-corrected chi connectivity index (χ3v) is 4.05. The van der Waals surface area contributed by atoms with Crippen molar-refractivity contribution < 1.29 is 9.53 Å². The van der Waals surface area contributed by atoms with E-state index >= 15 is 0 Å². The average Bonchev–Trinajstić information content (AvgIpc) is 2.54. The first-order valence-electron chi connectivity index (χ1n) is 9.57. The molecule has 1 fully saturated rings. The Bertz CT molecular complexity index is 285. The quantitative estimate of drug-likeness (QED) is 0.606. The highest BCUT2D eigenvalue weighted by Crippen LogP contribution is 2.09. The minimum atomic E-state index is 0.330. The predicted molar refractivity (Wildman–Crippen MR) is 98.7 cm³/mol. The van der Waals surface area contributed by atoms with Crippen molar-refractivity contribution in [2.75, 3.05) is 45.9 Å². The number of carbonyl (C=O) groups is 1. The van der Waals surface area contributed by atoms with E-state index in [4.69, 9.17) is 4.74 Å². The van der Waals surface area contributed by atoms with Gasteiger partial charge in [0, 0.05) is 45.8 Å². The molecule has 0 atom stereocenters. The molecule has 1 aliphatic rings. The number of ether oxygens (including phenoxy) is 1. The van der Waals surface area contributed by atoms with E-state index in [0.29, 0.717) is 24.2 Å². The summed E-state index contributed by atoms with van der Waals surface area (Å²) in [7, 11) is 0. The lowest BCUT2D eigenvalue weighted by atomic mass is 10.1. The molecule has 0 aromatic rings. The molecule has 0 radical (unpaired) electrons. The highest BCUT2D eigenvalue weighted by Gasteiger charge is 2.20. The summed E-state index contributed by atoms with van der Waals surface area (Å²) in [5.74, 6) is 1.65. The molecule has 1 amide bonds. The van der Waals surface area contributed by atoms with Crippen molar-refractivity contribution >= 4 is 5.91 Å². The van der Waals surface area contributed by atoms with Crippen molar-refractivity contribution in [3.8, 4) is 0 Å². The number of nitrogens with zero attached hydrogens (tertiary/aromatic N) is 2. The molecular formula is C19H40N2O2. The molecule has 4 heteroatoms. The van der Waals surface area contributed by atoms with Crippen LogP contribution in [0.1, 0.15) is 60.8 Å². The van der Waals surface area contributed by atoms with Gasteiger partial charge in [0.15, 0.2) is 0 Å². The number of amides is 1. The SMILES string of the molecule is CC.CC(C)CCOCCN1CCN(C(=O)CCC(C)C)CC1. The smallest absolute Gasteiger partial charge is 0.222 e. The van der Waals surface area contributed by atoms with E-state index in [1.54, 1.807) is 0 Å². The van der Waals surface area contributed by atoms with Crippen LogP contribution in [-0.2, 0) is 9.53 Å². The highest BCUT2D eigenvalue weighted by atomic mass is 16.5. The van der Waals surface area contributed by atoms with Gasteiger partial charge in [0.2, 0.25) is 5.91 Å². The molecule has 1 rings (SSSR count). The molecule has 0 aromatic heterocycles. The maximum atomic E-state index is 12.1. The largest absolute Gasteiger partial charge is 0.380 e. The molecule has 4 nitrogen and oxygen atoms in total. The van der Waals surface area contributed by atoms with Crippen molar-refractivity contribution in [2.24, 2.45) is 11.8 Å². The summed E-state index contributed by atoms with van der Waals surface area (Å²) in [5, 5.41) is 0. The lowest BCUT2D eigenvalue weighted by Crippen LogP contribution is -2.49. The van der Waals surface area contributed by atoms with E-state index in [1.807, 2.05) is 18.7 Å². The standard InChI is InChI=1S/C17H34N2O2.C2H6/c1-15(2)5-6-17(20)19-10-8-18(9-11-19)12-14-21-13-7-16(3)4;1-2/h15-16H,5-14H2,1-4H3;1-2H3. The Hall–Kier alpha value is -0.610. The van der Waals surface area contributed by atoms with Crippen LogP contribution >= 0.6 is 0 Å². The van der Waals surface area contributed by atoms with Gasteiger partial charge in [0.05, 0.1) is 6.61 Å². The van der Waals surface area contributed by atoms with Gasteiger partial charge in [-0.3, -0.25) is 9.69 Å².